The number of hydrogen-bond acceptors (Lipinski definition) is 6. The minimum atomic E-state index is -3.94. The number of nitro groups is 1. The second kappa shape index (κ2) is 8.11. The molecule has 11 heteroatoms. The molecule has 1 aromatic rings. The molecular weight excluding hydrogens is 363 g/mol. The van der Waals surface area contributed by atoms with Gasteiger partial charge in [0.1, 0.15) is 5.75 Å². The fourth-order valence-corrected chi connectivity index (χ4v) is 1.46. The van der Waals surface area contributed by atoms with Gasteiger partial charge < -0.3 is 14.2 Å². The van der Waals surface area contributed by atoms with Gasteiger partial charge in [-0.25, -0.2) is 4.79 Å². The summed E-state index contributed by atoms with van der Waals surface area (Å²) in [6, 6.07) is 2.68. The number of hydrogen-bond donors (Lipinski definition) is 0. The van der Waals surface area contributed by atoms with E-state index in [0.717, 1.165) is 12.1 Å². The summed E-state index contributed by atoms with van der Waals surface area (Å²) in [5.74, 6) is -1.59. The van der Waals surface area contributed by atoms with E-state index in [1.165, 1.54) is 0 Å². The lowest BCUT2D eigenvalue weighted by Gasteiger charge is -2.18. The van der Waals surface area contributed by atoms with E-state index < -0.39 is 39.9 Å². The molecule has 0 N–H and O–H groups in total. The first kappa shape index (κ1) is 19.2. The van der Waals surface area contributed by atoms with Gasteiger partial charge in [-0.3, -0.25) is 10.1 Å². The summed E-state index contributed by atoms with van der Waals surface area (Å²) in [4.78, 5) is 19.1. The quantitative estimate of drug-likeness (QED) is 0.300. The number of esters is 1. The Kier molecular flexibility index (Phi) is 6.77. The highest BCUT2D eigenvalue weighted by Gasteiger charge is 2.40. The average Bonchev–Trinajstić information content (AvgIpc) is 2.45. The molecule has 0 aliphatic rings. The van der Waals surface area contributed by atoms with Gasteiger partial charge in [0.05, 0.1) is 17.6 Å². The molecule has 7 nitrogen and oxygen atoms in total. The molecule has 0 amide bonds. The lowest BCUT2D eigenvalue weighted by Crippen LogP contribution is -2.32. The lowest BCUT2D eigenvalue weighted by atomic mass is 10.3. The van der Waals surface area contributed by atoms with Crippen LogP contribution in [0.2, 0.25) is 0 Å². The lowest BCUT2D eigenvalue weighted by molar-refractivity contribution is -0.386. The van der Waals surface area contributed by atoms with Gasteiger partial charge >= 0.3 is 17.8 Å². The zero-order valence-electron chi connectivity index (χ0n) is 11.6. The van der Waals surface area contributed by atoms with E-state index in [1.54, 1.807) is 6.92 Å². The maximum atomic E-state index is 13.3. The summed E-state index contributed by atoms with van der Waals surface area (Å²) in [6.07, 6.45) is -3.94. The normalized spacial score (nSPS) is 11.2. The molecule has 0 bridgehead atoms. The number of rotatable bonds is 8. The second-order valence-electron chi connectivity index (χ2n) is 3.94. The Bertz CT molecular complexity index is 585. The van der Waals surface area contributed by atoms with Crippen LogP contribution in [0.25, 0.3) is 0 Å². The van der Waals surface area contributed by atoms with Crippen molar-refractivity contribution in [3.63, 3.8) is 0 Å². The number of carbonyl (C=O) groups excluding carboxylic acids is 1. The van der Waals surface area contributed by atoms with Crippen LogP contribution in [0.1, 0.15) is 6.92 Å². The van der Waals surface area contributed by atoms with Gasteiger partial charge in [0.2, 0.25) is 4.84 Å². The van der Waals surface area contributed by atoms with Crippen LogP contribution in [-0.2, 0) is 9.53 Å². The highest BCUT2D eigenvalue weighted by atomic mass is 35.5. The van der Waals surface area contributed by atoms with E-state index in [-0.39, 0.29) is 12.4 Å². The van der Waals surface area contributed by atoms with E-state index >= 15 is 0 Å². The summed E-state index contributed by atoms with van der Waals surface area (Å²) in [6.45, 7) is 1.12. The highest BCUT2D eigenvalue weighted by Crippen LogP contribution is 2.35. The number of ether oxygens (including phenoxy) is 3. The molecule has 0 aliphatic carbocycles. The largest absolute Gasteiger partial charge is 0.475 e. The molecule has 1 aromatic carbocycles. The van der Waals surface area contributed by atoms with Gasteiger partial charge in [-0.15, -0.1) is 0 Å². The number of halogens is 4. The van der Waals surface area contributed by atoms with Gasteiger partial charge in [-0.2, -0.15) is 8.78 Å². The third kappa shape index (κ3) is 5.68. The molecule has 23 heavy (non-hydrogen) atoms. The molecule has 0 fully saturated rings. The van der Waals surface area contributed by atoms with Crippen molar-refractivity contribution >= 4 is 34.9 Å². The van der Waals surface area contributed by atoms with Crippen LogP contribution in [0.4, 0.5) is 14.5 Å². The molecule has 0 heterocycles. The molecule has 1 rings (SSSR count). The van der Waals surface area contributed by atoms with Crippen molar-refractivity contribution < 1.29 is 32.7 Å². The average molecular weight is 374 g/mol. The third-order valence-corrected chi connectivity index (χ3v) is 2.79. The first-order valence-electron chi connectivity index (χ1n) is 6.09. The van der Waals surface area contributed by atoms with Crippen molar-refractivity contribution in [2.24, 2.45) is 0 Å². The molecule has 0 spiro atoms. The molecule has 0 aromatic heterocycles. The molecule has 0 unspecified atom stereocenters. The number of alkyl halides is 4. The highest BCUT2D eigenvalue weighted by molar-refractivity contribution is 6.44. The van der Waals surface area contributed by atoms with Gasteiger partial charge in [0, 0.05) is 0 Å². The first-order valence-corrected chi connectivity index (χ1v) is 6.96. The summed E-state index contributed by atoms with van der Waals surface area (Å²) in [5, 5.41) is 11.0. The van der Waals surface area contributed by atoms with E-state index in [2.05, 4.69) is 9.47 Å². The van der Waals surface area contributed by atoms with Crippen LogP contribution in [0.5, 0.6) is 11.5 Å². The smallest absolute Gasteiger partial charge is 0.428 e. The predicted octanol–water partition coefficient (Wildman–Crippen LogP) is 3.31. The molecule has 0 saturated carbocycles. The van der Waals surface area contributed by atoms with Crippen molar-refractivity contribution in [1.29, 1.82) is 0 Å². The van der Waals surface area contributed by atoms with Gasteiger partial charge in [-0.05, 0) is 19.1 Å². The predicted molar refractivity (Wildman–Crippen MR) is 76.3 cm³/mol. The first-order chi connectivity index (χ1) is 10.7. The number of benzene rings is 1. The number of nitrogens with zero attached hydrogens (tertiary/aromatic N) is 1. The van der Waals surface area contributed by atoms with Gasteiger partial charge in [-0.1, -0.05) is 23.2 Å². The Labute approximate surface area is 139 Å². The SMILES string of the molecule is CCOC(=O)COc1ccc(OC(F)(F)C(Cl)Cl)cc1[N+](=O)[O-]. The molecule has 0 atom stereocenters. The zero-order valence-corrected chi connectivity index (χ0v) is 13.1. The third-order valence-electron chi connectivity index (χ3n) is 2.29. The monoisotopic (exact) mass is 373 g/mol. The minimum absolute atomic E-state index is 0.115. The number of carbonyl (C=O) groups is 1. The maximum Gasteiger partial charge on any atom is 0.428 e. The van der Waals surface area contributed by atoms with Crippen molar-refractivity contribution in [1.82, 2.24) is 0 Å². The van der Waals surface area contributed by atoms with Crippen LogP contribution in [0.3, 0.4) is 0 Å². The van der Waals surface area contributed by atoms with Crippen LogP contribution >= 0.6 is 23.2 Å². The van der Waals surface area contributed by atoms with Crippen LogP contribution in [0.15, 0.2) is 18.2 Å². The molecule has 128 valence electrons. The Balaban J connectivity index is 2.94. The summed E-state index contributed by atoms with van der Waals surface area (Å²) in [5.41, 5.74) is -0.678. The molecule has 0 saturated heterocycles. The summed E-state index contributed by atoms with van der Waals surface area (Å²) < 4.78 is 40.3. The zero-order chi connectivity index (χ0) is 17.6. The van der Waals surface area contributed by atoms with Crippen molar-refractivity contribution in [2.75, 3.05) is 13.2 Å². The minimum Gasteiger partial charge on any atom is -0.475 e. The van der Waals surface area contributed by atoms with Gasteiger partial charge in [0.15, 0.2) is 12.4 Å². The standard InChI is InChI=1S/C12H11Cl2F2NO6/c1-2-21-10(18)6-22-9-4-3-7(5-8(9)17(19)20)23-12(15,16)11(13)14/h3-5,11H,2,6H2,1H3. The molecule has 0 aliphatic heterocycles. The fourth-order valence-electron chi connectivity index (χ4n) is 1.37. The van der Waals surface area contributed by atoms with Crippen molar-refractivity contribution in [3.8, 4) is 11.5 Å². The topological polar surface area (TPSA) is 87.9 Å². The second-order valence-corrected chi connectivity index (χ2v) is 5.04. The maximum absolute atomic E-state index is 13.3. The van der Waals surface area contributed by atoms with Crippen LogP contribution < -0.4 is 9.47 Å². The van der Waals surface area contributed by atoms with Crippen molar-refractivity contribution in [3.05, 3.63) is 28.3 Å². The molecular formula is C12H11Cl2F2NO6. The summed E-state index contributed by atoms with van der Waals surface area (Å²) in [7, 11) is 0. The fraction of sp³-hybridized carbons (Fsp3) is 0.417. The van der Waals surface area contributed by atoms with E-state index in [4.69, 9.17) is 27.9 Å². The Morgan fingerprint density at radius 1 is 1.43 bits per heavy atom. The van der Waals surface area contributed by atoms with Crippen molar-refractivity contribution in [2.45, 2.75) is 17.9 Å². The summed E-state index contributed by atoms with van der Waals surface area (Å²) >= 11 is 10.1. The van der Waals surface area contributed by atoms with E-state index in [0.29, 0.717) is 6.07 Å². The Hall–Kier alpha value is -1.87. The van der Waals surface area contributed by atoms with E-state index in [1.807, 2.05) is 0 Å². The Morgan fingerprint density at radius 3 is 2.61 bits per heavy atom. The van der Waals surface area contributed by atoms with E-state index in [9.17, 15) is 23.7 Å². The number of nitro benzene ring substituents is 1. The van der Waals surface area contributed by atoms with Crippen LogP contribution in [0, 0.1) is 10.1 Å². The Morgan fingerprint density at radius 2 is 2.09 bits per heavy atom. The van der Waals surface area contributed by atoms with Crippen LogP contribution in [-0.4, -0.2) is 35.1 Å². The van der Waals surface area contributed by atoms with Gasteiger partial charge in [0.25, 0.3) is 0 Å². The molecule has 0 radical (unpaired) electrons.